The van der Waals surface area contributed by atoms with Gasteiger partial charge in [-0.15, -0.1) is 0 Å². The highest BCUT2D eigenvalue weighted by atomic mass is 79.9. The second-order valence-corrected chi connectivity index (χ2v) is 5.81. The number of hydrogen-bond donors (Lipinski definition) is 0. The van der Waals surface area contributed by atoms with Crippen LogP contribution < -0.4 is 0 Å². The van der Waals surface area contributed by atoms with Crippen LogP contribution in [0.3, 0.4) is 0 Å². The molecule has 19 heavy (non-hydrogen) atoms. The molecule has 0 radical (unpaired) electrons. The summed E-state index contributed by atoms with van der Waals surface area (Å²) < 4.78 is 5.64. The number of nitrogens with zero attached hydrogens (tertiary/aromatic N) is 1. The summed E-state index contributed by atoms with van der Waals surface area (Å²) in [6.45, 7) is 5.39. The lowest BCUT2D eigenvalue weighted by Gasteiger charge is -2.37. The van der Waals surface area contributed by atoms with Crippen LogP contribution in [-0.4, -0.2) is 41.4 Å². The van der Waals surface area contributed by atoms with Crippen LogP contribution in [0.4, 0.5) is 0 Å². The Hall–Kier alpha value is -0.870. The third kappa shape index (κ3) is 3.80. The summed E-state index contributed by atoms with van der Waals surface area (Å²) >= 11 is 3.42. The van der Waals surface area contributed by atoms with Gasteiger partial charge >= 0.3 is 0 Å². The van der Waals surface area contributed by atoms with Gasteiger partial charge in [-0.2, -0.15) is 0 Å². The van der Waals surface area contributed by atoms with Crippen LogP contribution >= 0.6 is 15.9 Å². The summed E-state index contributed by atoms with van der Waals surface area (Å²) in [5.41, 5.74) is 2.29. The lowest BCUT2D eigenvalue weighted by molar-refractivity contribution is -0.142. The number of morpholine rings is 1. The van der Waals surface area contributed by atoms with Gasteiger partial charge in [-0.25, -0.2) is 0 Å². The van der Waals surface area contributed by atoms with E-state index in [2.05, 4.69) is 22.9 Å². The van der Waals surface area contributed by atoms with Crippen molar-refractivity contribution in [2.24, 2.45) is 0 Å². The lowest BCUT2D eigenvalue weighted by atomic mass is 10.1. The van der Waals surface area contributed by atoms with Crippen molar-refractivity contribution in [1.82, 2.24) is 4.90 Å². The summed E-state index contributed by atoms with van der Waals surface area (Å²) in [5, 5.41) is 0.772. The minimum Gasteiger partial charge on any atom is -0.373 e. The Balaban J connectivity index is 2.00. The van der Waals surface area contributed by atoms with Gasteiger partial charge in [0.1, 0.15) is 0 Å². The fourth-order valence-corrected chi connectivity index (χ4v) is 2.63. The Morgan fingerprint density at radius 3 is 2.74 bits per heavy atom. The third-order valence-corrected chi connectivity index (χ3v) is 4.20. The molecule has 2 unspecified atom stereocenters. The van der Waals surface area contributed by atoms with Crippen LogP contribution in [0.25, 0.3) is 0 Å². The molecule has 2 atom stereocenters. The first-order valence-corrected chi connectivity index (χ1v) is 7.75. The van der Waals surface area contributed by atoms with E-state index < -0.39 is 0 Å². The predicted molar refractivity (Wildman–Crippen MR) is 79.6 cm³/mol. The maximum absolute atomic E-state index is 12.4. The third-order valence-electron chi connectivity index (χ3n) is 3.47. The van der Waals surface area contributed by atoms with Crippen molar-refractivity contribution in [3.63, 3.8) is 0 Å². The van der Waals surface area contributed by atoms with E-state index in [4.69, 9.17) is 4.74 Å². The van der Waals surface area contributed by atoms with E-state index in [0.717, 1.165) is 10.9 Å². The van der Waals surface area contributed by atoms with E-state index in [1.165, 1.54) is 5.56 Å². The van der Waals surface area contributed by atoms with Crippen molar-refractivity contribution < 1.29 is 9.53 Å². The monoisotopic (exact) mass is 325 g/mol. The number of aryl methyl sites for hydroxylation is 1. The maximum Gasteiger partial charge on any atom is 0.227 e. The van der Waals surface area contributed by atoms with E-state index in [1.807, 2.05) is 36.1 Å². The molecule has 0 bridgehead atoms. The first-order valence-electron chi connectivity index (χ1n) is 6.62. The highest BCUT2D eigenvalue weighted by Crippen LogP contribution is 2.15. The van der Waals surface area contributed by atoms with Gasteiger partial charge in [-0.3, -0.25) is 4.79 Å². The molecule has 1 fully saturated rings. The summed E-state index contributed by atoms with van der Waals surface area (Å²) in [6.07, 6.45) is 0.581. The summed E-state index contributed by atoms with van der Waals surface area (Å²) in [7, 11) is 0. The molecule has 1 amide bonds. The van der Waals surface area contributed by atoms with E-state index in [-0.39, 0.29) is 18.1 Å². The van der Waals surface area contributed by atoms with Crippen molar-refractivity contribution in [1.29, 1.82) is 0 Å². The van der Waals surface area contributed by atoms with Crippen LogP contribution in [0.1, 0.15) is 18.1 Å². The number of amides is 1. The van der Waals surface area contributed by atoms with Crippen LogP contribution in [0.2, 0.25) is 0 Å². The normalized spacial score (nSPS) is 23.4. The van der Waals surface area contributed by atoms with Crippen molar-refractivity contribution in [3.05, 3.63) is 35.4 Å². The number of rotatable bonds is 3. The van der Waals surface area contributed by atoms with Crippen molar-refractivity contribution >= 4 is 21.8 Å². The number of benzene rings is 1. The molecule has 1 heterocycles. The SMILES string of the molecule is Cc1ccc(CC(=O)N2CC(CBr)OCC2C)cc1. The zero-order chi connectivity index (χ0) is 13.8. The maximum atomic E-state index is 12.4. The number of alkyl halides is 1. The second-order valence-electron chi connectivity index (χ2n) is 5.17. The topological polar surface area (TPSA) is 29.5 Å². The summed E-state index contributed by atoms with van der Waals surface area (Å²) in [6, 6.07) is 8.31. The lowest BCUT2D eigenvalue weighted by Crippen LogP contribution is -2.52. The van der Waals surface area contributed by atoms with Gasteiger partial charge in [0.15, 0.2) is 0 Å². The van der Waals surface area contributed by atoms with E-state index >= 15 is 0 Å². The first kappa shape index (κ1) is 14.5. The molecule has 0 N–H and O–H groups in total. The minimum absolute atomic E-state index is 0.109. The van der Waals surface area contributed by atoms with Gasteiger partial charge in [-0.1, -0.05) is 45.8 Å². The quantitative estimate of drug-likeness (QED) is 0.799. The van der Waals surface area contributed by atoms with Crippen molar-refractivity contribution in [2.45, 2.75) is 32.4 Å². The molecule has 104 valence electrons. The fraction of sp³-hybridized carbons (Fsp3) is 0.533. The van der Waals surface area contributed by atoms with Crippen LogP contribution in [0.5, 0.6) is 0 Å². The van der Waals surface area contributed by atoms with Crippen LogP contribution in [-0.2, 0) is 16.0 Å². The van der Waals surface area contributed by atoms with Gasteiger partial charge in [-0.05, 0) is 19.4 Å². The molecule has 1 saturated heterocycles. The Morgan fingerprint density at radius 2 is 2.11 bits per heavy atom. The van der Waals surface area contributed by atoms with Crippen molar-refractivity contribution in [3.8, 4) is 0 Å². The molecule has 0 spiro atoms. The molecule has 4 heteroatoms. The average Bonchev–Trinajstić information content (AvgIpc) is 2.42. The highest BCUT2D eigenvalue weighted by Gasteiger charge is 2.28. The fourth-order valence-electron chi connectivity index (χ4n) is 2.24. The summed E-state index contributed by atoms with van der Waals surface area (Å²) in [4.78, 5) is 14.3. The molecule has 2 rings (SSSR count). The smallest absolute Gasteiger partial charge is 0.227 e. The number of halogens is 1. The number of carbonyl (C=O) groups is 1. The molecular formula is C15H20BrNO2. The van der Waals surface area contributed by atoms with Crippen LogP contribution in [0, 0.1) is 6.92 Å². The zero-order valence-corrected chi connectivity index (χ0v) is 13.0. The average molecular weight is 326 g/mol. The van der Waals surface area contributed by atoms with Gasteiger partial charge in [0, 0.05) is 11.9 Å². The molecule has 3 nitrogen and oxygen atoms in total. The molecule has 1 aliphatic heterocycles. The molecule has 0 aromatic heterocycles. The van der Waals surface area contributed by atoms with E-state index in [1.54, 1.807) is 0 Å². The Bertz CT molecular complexity index is 432. The molecular weight excluding hydrogens is 306 g/mol. The Kier molecular flexibility index (Phi) is 4.99. The molecule has 1 aromatic rings. The van der Waals surface area contributed by atoms with Gasteiger partial charge in [0.2, 0.25) is 5.91 Å². The predicted octanol–water partition coefficient (Wildman–Crippen LogP) is 2.55. The van der Waals surface area contributed by atoms with Gasteiger partial charge in [0.25, 0.3) is 0 Å². The Labute approximate surface area is 123 Å². The summed E-state index contributed by atoms with van der Waals surface area (Å²) in [5.74, 6) is 0.186. The van der Waals surface area contributed by atoms with E-state index in [9.17, 15) is 4.79 Å². The number of ether oxygens (including phenoxy) is 1. The number of carbonyl (C=O) groups excluding carboxylic acids is 1. The number of hydrogen-bond acceptors (Lipinski definition) is 2. The van der Waals surface area contributed by atoms with Gasteiger partial charge < -0.3 is 9.64 Å². The van der Waals surface area contributed by atoms with Gasteiger partial charge in [0.05, 0.1) is 25.2 Å². The zero-order valence-electron chi connectivity index (χ0n) is 11.4. The van der Waals surface area contributed by atoms with Crippen LogP contribution in [0.15, 0.2) is 24.3 Å². The molecule has 1 aliphatic rings. The molecule has 1 aromatic carbocycles. The minimum atomic E-state index is 0.109. The Morgan fingerprint density at radius 1 is 1.42 bits per heavy atom. The first-order chi connectivity index (χ1) is 9.10. The second kappa shape index (κ2) is 6.53. The largest absolute Gasteiger partial charge is 0.373 e. The standard InChI is InChI=1S/C15H20BrNO2/c1-11-3-5-13(6-4-11)7-15(18)17-9-14(8-16)19-10-12(17)2/h3-6,12,14H,7-10H2,1-2H3. The van der Waals surface area contributed by atoms with E-state index in [0.29, 0.717) is 19.6 Å². The molecule has 0 saturated carbocycles. The van der Waals surface area contributed by atoms with Crippen molar-refractivity contribution in [2.75, 3.05) is 18.5 Å². The highest BCUT2D eigenvalue weighted by molar-refractivity contribution is 9.09. The molecule has 0 aliphatic carbocycles.